The molecule has 1 fully saturated rings. The van der Waals surface area contributed by atoms with Crippen LogP contribution < -0.4 is 4.90 Å². The zero-order valence-corrected chi connectivity index (χ0v) is 13.9. The molecular formula is C18H25N2O3+. The number of benzene rings is 1. The zero-order chi connectivity index (χ0) is 16.4. The van der Waals surface area contributed by atoms with Crippen LogP contribution >= 0.6 is 0 Å². The summed E-state index contributed by atoms with van der Waals surface area (Å²) in [4.78, 5) is 27.5. The minimum Gasteiger partial charge on any atom is -0.364 e. The highest BCUT2D eigenvalue weighted by Gasteiger charge is 2.34. The molecular weight excluding hydrogens is 292 g/mol. The summed E-state index contributed by atoms with van der Waals surface area (Å²) in [6.07, 6.45) is 2.50. The first-order valence-electron chi connectivity index (χ1n) is 8.50. The lowest BCUT2D eigenvalue weighted by Crippen LogP contribution is -3.15. The lowest BCUT2D eigenvalue weighted by molar-refractivity contribution is -0.915. The van der Waals surface area contributed by atoms with Crippen molar-refractivity contribution in [1.82, 2.24) is 4.90 Å². The van der Waals surface area contributed by atoms with Crippen LogP contribution in [0.1, 0.15) is 47.4 Å². The predicted molar refractivity (Wildman–Crippen MR) is 86.6 cm³/mol. The quantitative estimate of drug-likeness (QED) is 0.644. The lowest BCUT2D eigenvalue weighted by atomic mass is 10.1. The van der Waals surface area contributed by atoms with Crippen LogP contribution in [-0.4, -0.2) is 55.1 Å². The van der Waals surface area contributed by atoms with E-state index in [1.807, 2.05) is 0 Å². The third-order valence-corrected chi connectivity index (χ3v) is 4.66. The normalized spacial score (nSPS) is 27.4. The van der Waals surface area contributed by atoms with E-state index in [1.165, 1.54) is 4.90 Å². The van der Waals surface area contributed by atoms with Gasteiger partial charge < -0.3 is 9.64 Å². The van der Waals surface area contributed by atoms with E-state index in [0.29, 0.717) is 29.9 Å². The monoisotopic (exact) mass is 317 g/mol. The molecule has 1 aromatic carbocycles. The van der Waals surface area contributed by atoms with Gasteiger partial charge in [0.2, 0.25) is 0 Å². The number of hydrogen-bond acceptors (Lipinski definition) is 3. The molecule has 2 heterocycles. The Morgan fingerprint density at radius 3 is 2.17 bits per heavy atom. The average Bonchev–Trinajstić information content (AvgIpc) is 2.75. The number of nitrogens with one attached hydrogen (secondary N) is 1. The fourth-order valence-electron chi connectivity index (χ4n) is 3.68. The van der Waals surface area contributed by atoms with Gasteiger partial charge in [-0.15, -0.1) is 0 Å². The van der Waals surface area contributed by atoms with Crippen LogP contribution in [-0.2, 0) is 4.74 Å². The molecule has 0 unspecified atom stereocenters. The largest absolute Gasteiger partial charge is 0.364 e. The van der Waals surface area contributed by atoms with Gasteiger partial charge in [-0.3, -0.25) is 14.5 Å². The number of carbonyl (C=O) groups excluding carboxylic acids is 2. The minimum atomic E-state index is -0.147. The number of carbonyl (C=O) groups is 2. The van der Waals surface area contributed by atoms with Gasteiger partial charge >= 0.3 is 0 Å². The van der Waals surface area contributed by atoms with Crippen LogP contribution in [0.5, 0.6) is 0 Å². The number of unbranched alkanes of at least 4 members (excludes halogenated alkanes) is 1. The Balaban J connectivity index is 1.47. The third-order valence-electron chi connectivity index (χ3n) is 4.66. The van der Waals surface area contributed by atoms with Crippen molar-refractivity contribution in [3.63, 3.8) is 0 Å². The van der Waals surface area contributed by atoms with Crippen LogP contribution in [0.2, 0.25) is 0 Å². The van der Waals surface area contributed by atoms with E-state index in [1.54, 1.807) is 29.2 Å². The topological polar surface area (TPSA) is 51.0 Å². The molecule has 0 aromatic heterocycles. The van der Waals surface area contributed by atoms with E-state index in [0.717, 1.165) is 32.5 Å². The molecule has 1 N–H and O–H groups in total. The van der Waals surface area contributed by atoms with Gasteiger partial charge in [-0.2, -0.15) is 0 Å². The van der Waals surface area contributed by atoms with Gasteiger partial charge in [0.25, 0.3) is 11.8 Å². The Morgan fingerprint density at radius 2 is 1.61 bits per heavy atom. The van der Waals surface area contributed by atoms with Crippen molar-refractivity contribution in [3.05, 3.63) is 35.4 Å². The molecule has 5 heteroatoms. The first-order chi connectivity index (χ1) is 11.1. The fourth-order valence-corrected chi connectivity index (χ4v) is 3.68. The van der Waals surface area contributed by atoms with Crippen molar-refractivity contribution in [2.75, 3.05) is 26.2 Å². The summed E-state index contributed by atoms with van der Waals surface area (Å²) < 4.78 is 5.75. The van der Waals surface area contributed by atoms with Gasteiger partial charge in [0.15, 0.2) is 0 Å². The SMILES string of the molecule is C[C@@H]1C[NH+](CCCCN2C(=O)c3ccccc3C2=O)C[C@@H](C)O1. The Bertz CT molecular complexity index is 557. The van der Waals surface area contributed by atoms with Crippen molar-refractivity contribution in [2.24, 2.45) is 0 Å². The van der Waals surface area contributed by atoms with Gasteiger partial charge in [0.05, 0.1) is 17.7 Å². The molecule has 0 saturated carbocycles. The highest BCUT2D eigenvalue weighted by Crippen LogP contribution is 2.22. The number of hydrogen-bond donors (Lipinski definition) is 1. The van der Waals surface area contributed by atoms with Crippen LogP contribution in [0.3, 0.4) is 0 Å². The van der Waals surface area contributed by atoms with E-state index >= 15 is 0 Å². The number of nitrogens with zero attached hydrogens (tertiary/aromatic N) is 1. The third kappa shape index (κ3) is 3.46. The van der Waals surface area contributed by atoms with Crippen LogP contribution in [0.4, 0.5) is 0 Å². The lowest BCUT2D eigenvalue weighted by Gasteiger charge is -2.32. The molecule has 0 radical (unpaired) electrons. The Morgan fingerprint density at radius 1 is 1.04 bits per heavy atom. The van der Waals surface area contributed by atoms with Gasteiger partial charge in [0, 0.05) is 6.54 Å². The number of quaternary nitrogens is 1. The first kappa shape index (κ1) is 16.1. The van der Waals surface area contributed by atoms with Crippen molar-refractivity contribution < 1.29 is 19.2 Å². The van der Waals surface area contributed by atoms with E-state index in [4.69, 9.17) is 4.74 Å². The molecule has 2 aliphatic heterocycles. The molecule has 23 heavy (non-hydrogen) atoms. The Labute approximate surface area is 137 Å². The molecule has 0 bridgehead atoms. The Kier molecular flexibility index (Phi) is 4.78. The number of imide groups is 1. The number of morpholine rings is 1. The smallest absolute Gasteiger partial charge is 0.261 e. The van der Waals surface area contributed by atoms with Crippen molar-refractivity contribution in [3.8, 4) is 0 Å². The van der Waals surface area contributed by atoms with Gasteiger partial charge in [-0.05, 0) is 38.8 Å². The first-order valence-corrected chi connectivity index (χ1v) is 8.50. The van der Waals surface area contributed by atoms with Gasteiger partial charge in [0.1, 0.15) is 25.3 Å². The maximum Gasteiger partial charge on any atom is 0.261 e. The number of ether oxygens (including phenoxy) is 1. The van der Waals surface area contributed by atoms with E-state index in [2.05, 4.69) is 13.8 Å². The van der Waals surface area contributed by atoms with E-state index in [9.17, 15) is 9.59 Å². The summed E-state index contributed by atoms with van der Waals surface area (Å²) in [5, 5.41) is 0. The zero-order valence-electron chi connectivity index (χ0n) is 13.9. The molecule has 2 amide bonds. The van der Waals surface area contributed by atoms with Gasteiger partial charge in [-0.1, -0.05) is 12.1 Å². The fraction of sp³-hybridized carbons (Fsp3) is 0.556. The van der Waals surface area contributed by atoms with Crippen molar-refractivity contribution in [2.45, 2.75) is 38.9 Å². The predicted octanol–water partition coefficient (Wildman–Crippen LogP) is 0.755. The molecule has 3 rings (SSSR count). The van der Waals surface area contributed by atoms with E-state index < -0.39 is 0 Å². The summed E-state index contributed by atoms with van der Waals surface area (Å²) in [6, 6.07) is 7.07. The summed E-state index contributed by atoms with van der Waals surface area (Å²) in [5.74, 6) is -0.293. The molecule has 5 nitrogen and oxygen atoms in total. The number of amides is 2. The minimum absolute atomic E-state index is 0.147. The molecule has 0 spiro atoms. The summed E-state index contributed by atoms with van der Waals surface area (Å²) in [5.41, 5.74) is 1.08. The second kappa shape index (κ2) is 6.81. The highest BCUT2D eigenvalue weighted by molar-refractivity contribution is 6.21. The second-order valence-corrected chi connectivity index (χ2v) is 6.68. The van der Waals surface area contributed by atoms with E-state index in [-0.39, 0.29) is 11.8 Å². The maximum absolute atomic E-state index is 12.3. The summed E-state index contributed by atoms with van der Waals surface area (Å²) >= 11 is 0. The van der Waals surface area contributed by atoms with Crippen molar-refractivity contribution in [1.29, 1.82) is 0 Å². The number of rotatable bonds is 5. The standard InChI is InChI=1S/C18H24N2O3/c1-13-11-19(12-14(2)23-13)9-5-6-10-20-17(21)15-7-3-4-8-16(15)18(20)22/h3-4,7-8,13-14H,5-6,9-12H2,1-2H3/p+1/t13-,14-/m1/s1. The molecule has 2 atom stereocenters. The summed E-state index contributed by atoms with van der Waals surface area (Å²) in [6.45, 7) is 7.90. The molecule has 1 aromatic rings. The molecule has 124 valence electrons. The molecule has 1 saturated heterocycles. The maximum atomic E-state index is 12.3. The van der Waals surface area contributed by atoms with Gasteiger partial charge in [-0.25, -0.2) is 0 Å². The molecule has 2 aliphatic rings. The van der Waals surface area contributed by atoms with Crippen LogP contribution in [0, 0.1) is 0 Å². The van der Waals surface area contributed by atoms with Crippen LogP contribution in [0.25, 0.3) is 0 Å². The van der Waals surface area contributed by atoms with Crippen LogP contribution in [0.15, 0.2) is 24.3 Å². The highest BCUT2D eigenvalue weighted by atomic mass is 16.5. The summed E-state index contributed by atoms with van der Waals surface area (Å²) in [7, 11) is 0. The molecule has 0 aliphatic carbocycles. The van der Waals surface area contributed by atoms with Crippen molar-refractivity contribution >= 4 is 11.8 Å². The average molecular weight is 317 g/mol. The number of fused-ring (bicyclic) bond motifs is 1. The Hall–Kier alpha value is -1.72. The second-order valence-electron chi connectivity index (χ2n) is 6.68.